The molecule has 2 nitrogen and oxygen atoms in total. The van der Waals surface area contributed by atoms with Gasteiger partial charge in [-0.3, -0.25) is 4.90 Å². The van der Waals surface area contributed by atoms with E-state index >= 15 is 0 Å². The van der Waals surface area contributed by atoms with Crippen LogP contribution in [0.2, 0.25) is 0 Å². The molecule has 1 aromatic carbocycles. The zero-order valence-electron chi connectivity index (χ0n) is 13.5. The highest BCUT2D eigenvalue weighted by Gasteiger charge is 2.30. The van der Waals surface area contributed by atoms with Gasteiger partial charge in [0.15, 0.2) is 0 Å². The molecule has 1 saturated carbocycles. The Hall–Kier alpha value is -0.860. The van der Waals surface area contributed by atoms with Crippen LogP contribution >= 0.6 is 0 Å². The van der Waals surface area contributed by atoms with Crippen molar-refractivity contribution >= 4 is 0 Å². The van der Waals surface area contributed by atoms with Gasteiger partial charge in [0.1, 0.15) is 0 Å². The minimum absolute atomic E-state index is 0.590. The van der Waals surface area contributed by atoms with E-state index in [4.69, 9.17) is 0 Å². The first-order chi connectivity index (χ1) is 9.61. The summed E-state index contributed by atoms with van der Waals surface area (Å²) in [5, 5.41) is 3.42. The Kier molecular flexibility index (Phi) is 5.62. The van der Waals surface area contributed by atoms with Crippen LogP contribution in [0.1, 0.15) is 50.7 Å². The van der Waals surface area contributed by atoms with Gasteiger partial charge in [0.05, 0.1) is 0 Å². The van der Waals surface area contributed by atoms with Gasteiger partial charge < -0.3 is 5.32 Å². The molecule has 0 radical (unpaired) electrons. The first-order valence-electron chi connectivity index (χ1n) is 8.11. The van der Waals surface area contributed by atoms with Gasteiger partial charge in [-0.2, -0.15) is 0 Å². The molecule has 0 aliphatic heterocycles. The minimum atomic E-state index is 0.590. The van der Waals surface area contributed by atoms with E-state index in [0.717, 1.165) is 31.6 Å². The van der Waals surface area contributed by atoms with Gasteiger partial charge in [-0.05, 0) is 56.3 Å². The predicted octanol–water partition coefficient (Wildman–Crippen LogP) is 3.63. The second-order valence-electron chi connectivity index (χ2n) is 6.44. The third-order valence-corrected chi connectivity index (χ3v) is 4.68. The molecule has 0 amide bonds. The molecule has 1 fully saturated rings. The zero-order chi connectivity index (χ0) is 14.5. The maximum absolute atomic E-state index is 3.42. The second kappa shape index (κ2) is 7.24. The van der Waals surface area contributed by atoms with E-state index in [1.807, 2.05) is 0 Å². The van der Waals surface area contributed by atoms with E-state index in [0.29, 0.717) is 5.92 Å². The van der Waals surface area contributed by atoms with Gasteiger partial charge in [0.2, 0.25) is 0 Å². The molecule has 2 unspecified atom stereocenters. The molecule has 1 N–H and O–H groups in total. The van der Waals surface area contributed by atoms with Crippen molar-refractivity contribution < 1.29 is 0 Å². The van der Waals surface area contributed by atoms with Gasteiger partial charge >= 0.3 is 0 Å². The highest BCUT2D eigenvalue weighted by atomic mass is 15.1. The number of nitrogens with one attached hydrogen (secondary N) is 1. The molecular weight excluding hydrogens is 244 g/mol. The minimum Gasteiger partial charge on any atom is -0.316 e. The lowest BCUT2D eigenvalue weighted by molar-refractivity contribution is 0.226. The van der Waals surface area contributed by atoms with E-state index in [1.165, 1.54) is 24.0 Å². The number of nitrogens with zero attached hydrogens (tertiary/aromatic N) is 1. The monoisotopic (exact) mass is 274 g/mol. The Labute approximate surface area is 124 Å². The Morgan fingerprint density at radius 3 is 2.40 bits per heavy atom. The summed E-state index contributed by atoms with van der Waals surface area (Å²) in [6, 6.07) is 9.92. The normalized spacial score (nSPS) is 18.2. The molecule has 0 bridgehead atoms. The molecule has 2 rings (SSSR count). The first-order valence-corrected chi connectivity index (χ1v) is 8.11. The van der Waals surface area contributed by atoms with Crippen molar-refractivity contribution in [3.63, 3.8) is 0 Å². The summed E-state index contributed by atoms with van der Waals surface area (Å²) in [5.74, 6) is 1.53. The highest BCUT2D eigenvalue weighted by molar-refractivity contribution is 5.25. The SMILES string of the molecule is CCNCC(C)c1ccc(CN(C)C(C)C2CC2)cc1. The van der Waals surface area contributed by atoms with Crippen LogP contribution in [0.4, 0.5) is 0 Å². The molecule has 2 atom stereocenters. The van der Waals surface area contributed by atoms with Crippen molar-refractivity contribution in [2.24, 2.45) is 5.92 Å². The van der Waals surface area contributed by atoms with E-state index in [1.54, 1.807) is 0 Å². The number of likely N-dealkylation sites (N-methyl/N-ethyl adjacent to an activating group) is 1. The Bertz CT molecular complexity index is 394. The van der Waals surface area contributed by atoms with E-state index < -0.39 is 0 Å². The Morgan fingerprint density at radius 2 is 1.85 bits per heavy atom. The largest absolute Gasteiger partial charge is 0.316 e. The summed E-state index contributed by atoms with van der Waals surface area (Å²) in [4.78, 5) is 2.49. The number of benzene rings is 1. The summed E-state index contributed by atoms with van der Waals surface area (Å²) in [6.07, 6.45) is 2.85. The molecule has 0 spiro atoms. The van der Waals surface area contributed by atoms with Crippen LogP contribution < -0.4 is 5.32 Å². The Morgan fingerprint density at radius 1 is 1.20 bits per heavy atom. The molecule has 0 saturated heterocycles. The molecule has 0 heterocycles. The van der Waals surface area contributed by atoms with Crippen LogP contribution in [0.25, 0.3) is 0 Å². The van der Waals surface area contributed by atoms with Crippen molar-refractivity contribution in [3.05, 3.63) is 35.4 Å². The zero-order valence-corrected chi connectivity index (χ0v) is 13.5. The Balaban J connectivity index is 1.87. The number of hydrogen-bond donors (Lipinski definition) is 1. The molecule has 1 aromatic rings. The van der Waals surface area contributed by atoms with Crippen LogP contribution in [-0.2, 0) is 6.54 Å². The molecular formula is C18H30N2. The van der Waals surface area contributed by atoms with E-state index in [-0.39, 0.29) is 0 Å². The topological polar surface area (TPSA) is 15.3 Å². The summed E-state index contributed by atoms with van der Waals surface area (Å²) in [5.41, 5.74) is 2.87. The summed E-state index contributed by atoms with van der Waals surface area (Å²) in [7, 11) is 2.25. The third-order valence-electron chi connectivity index (χ3n) is 4.68. The van der Waals surface area contributed by atoms with Crippen LogP contribution in [0.3, 0.4) is 0 Å². The van der Waals surface area contributed by atoms with Crippen molar-refractivity contribution in [3.8, 4) is 0 Å². The number of rotatable bonds is 8. The molecule has 1 aliphatic rings. The van der Waals surface area contributed by atoms with E-state index in [2.05, 4.69) is 62.3 Å². The molecule has 0 aromatic heterocycles. The lowest BCUT2D eigenvalue weighted by Gasteiger charge is -2.24. The van der Waals surface area contributed by atoms with Crippen LogP contribution in [-0.4, -0.2) is 31.1 Å². The van der Waals surface area contributed by atoms with Gasteiger partial charge in [-0.25, -0.2) is 0 Å². The maximum Gasteiger partial charge on any atom is 0.0233 e. The van der Waals surface area contributed by atoms with Crippen molar-refractivity contribution in [1.29, 1.82) is 0 Å². The fraction of sp³-hybridized carbons (Fsp3) is 0.667. The lowest BCUT2D eigenvalue weighted by Crippen LogP contribution is -2.30. The highest BCUT2D eigenvalue weighted by Crippen LogP contribution is 2.35. The third kappa shape index (κ3) is 4.32. The second-order valence-corrected chi connectivity index (χ2v) is 6.44. The average molecular weight is 274 g/mol. The summed E-state index contributed by atoms with van der Waals surface area (Å²) >= 11 is 0. The van der Waals surface area contributed by atoms with Gasteiger partial charge in [-0.1, -0.05) is 38.1 Å². The quantitative estimate of drug-likeness (QED) is 0.779. The standard InChI is InChI=1S/C18H30N2/c1-5-19-12-14(2)17-8-6-16(7-9-17)13-20(4)15(3)18-10-11-18/h6-9,14-15,18-19H,5,10-13H2,1-4H3. The fourth-order valence-electron chi connectivity index (χ4n) is 2.80. The number of hydrogen-bond acceptors (Lipinski definition) is 2. The molecule has 20 heavy (non-hydrogen) atoms. The van der Waals surface area contributed by atoms with Crippen molar-refractivity contribution in [2.45, 2.75) is 52.1 Å². The molecule has 2 heteroatoms. The summed E-state index contributed by atoms with van der Waals surface area (Å²) < 4.78 is 0. The predicted molar refractivity (Wildman–Crippen MR) is 87.1 cm³/mol. The van der Waals surface area contributed by atoms with Crippen LogP contribution in [0, 0.1) is 5.92 Å². The fourth-order valence-corrected chi connectivity index (χ4v) is 2.80. The molecule has 1 aliphatic carbocycles. The van der Waals surface area contributed by atoms with Crippen LogP contribution in [0.5, 0.6) is 0 Å². The first kappa shape index (κ1) is 15.5. The van der Waals surface area contributed by atoms with Gasteiger partial charge in [0.25, 0.3) is 0 Å². The smallest absolute Gasteiger partial charge is 0.0233 e. The van der Waals surface area contributed by atoms with E-state index in [9.17, 15) is 0 Å². The lowest BCUT2D eigenvalue weighted by atomic mass is 9.99. The van der Waals surface area contributed by atoms with Gasteiger partial charge in [0, 0.05) is 19.1 Å². The van der Waals surface area contributed by atoms with Crippen LogP contribution in [0.15, 0.2) is 24.3 Å². The molecule has 112 valence electrons. The van der Waals surface area contributed by atoms with Crippen molar-refractivity contribution in [1.82, 2.24) is 10.2 Å². The average Bonchev–Trinajstić information content (AvgIpc) is 3.29. The van der Waals surface area contributed by atoms with Crippen molar-refractivity contribution in [2.75, 3.05) is 20.1 Å². The maximum atomic E-state index is 3.42. The summed E-state index contributed by atoms with van der Waals surface area (Å²) in [6.45, 7) is 10.00. The van der Waals surface area contributed by atoms with Gasteiger partial charge in [-0.15, -0.1) is 0 Å².